The number of rotatable bonds is 9. The molecule has 0 radical (unpaired) electrons. The van der Waals surface area contributed by atoms with Crippen LogP contribution in [0, 0.1) is 11.8 Å². The van der Waals surface area contributed by atoms with Crippen molar-refractivity contribution in [2.24, 2.45) is 11.8 Å². The molecular formula is C23H36N2O3. The van der Waals surface area contributed by atoms with Crippen molar-refractivity contribution in [3.8, 4) is 0 Å². The Labute approximate surface area is 169 Å². The van der Waals surface area contributed by atoms with E-state index in [-0.39, 0.29) is 17.9 Å². The van der Waals surface area contributed by atoms with Gasteiger partial charge in [-0.25, -0.2) is 0 Å². The summed E-state index contributed by atoms with van der Waals surface area (Å²) in [7, 11) is 1.82. The van der Waals surface area contributed by atoms with Crippen molar-refractivity contribution < 1.29 is 14.3 Å². The molecule has 0 saturated carbocycles. The fourth-order valence-electron chi connectivity index (χ4n) is 4.65. The first-order chi connectivity index (χ1) is 13.7. The largest absolute Gasteiger partial charge is 0.380 e. The summed E-state index contributed by atoms with van der Waals surface area (Å²) in [4.78, 5) is 15.1. The van der Waals surface area contributed by atoms with Crippen LogP contribution in [0.5, 0.6) is 0 Å². The van der Waals surface area contributed by atoms with Crippen LogP contribution in [-0.2, 0) is 20.7 Å². The Hall–Kier alpha value is -1.43. The van der Waals surface area contributed by atoms with Crippen LogP contribution in [0.1, 0.15) is 44.6 Å². The second-order valence-electron chi connectivity index (χ2n) is 8.34. The van der Waals surface area contributed by atoms with Gasteiger partial charge in [0, 0.05) is 25.6 Å². The summed E-state index contributed by atoms with van der Waals surface area (Å²) in [5.41, 5.74) is 1.23. The van der Waals surface area contributed by atoms with Crippen LogP contribution in [0.25, 0.3) is 0 Å². The van der Waals surface area contributed by atoms with E-state index in [4.69, 9.17) is 9.47 Å². The van der Waals surface area contributed by atoms with Crippen LogP contribution < -0.4 is 5.32 Å². The van der Waals surface area contributed by atoms with Crippen molar-refractivity contribution in [3.05, 3.63) is 35.9 Å². The van der Waals surface area contributed by atoms with E-state index in [0.29, 0.717) is 18.7 Å². The Morgan fingerprint density at radius 3 is 2.75 bits per heavy atom. The Bertz CT molecular complexity index is 583. The highest BCUT2D eigenvalue weighted by Gasteiger charge is 2.31. The van der Waals surface area contributed by atoms with Gasteiger partial charge in [-0.15, -0.1) is 0 Å². The number of hydrogen-bond acceptors (Lipinski definition) is 4. The fourth-order valence-corrected chi connectivity index (χ4v) is 4.65. The first kappa shape index (κ1) is 21.3. The molecule has 2 fully saturated rings. The Balaban J connectivity index is 1.62. The minimum atomic E-state index is 0.000549. The summed E-state index contributed by atoms with van der Waals surface area (Å²) in [6.45, 7) is 5.36. The van der Waals surface area contributed by atoms with E-state index < -0.39 is 0 Å². The van der Waals surface area contributed by atoms with Gasteiger partial charge < -0.3 is 19.7 Å². The molecule has 5 nitrogen and oxygen atoms in total. The minimum absolute atomic E-state index is 0.000549. The molecule has 1 aromatic carbocycles. The van der Waals surface area contributed by atoms with Gasteiger partial charge in [0.1, 0.15) is 6.73 Å². The van der Waals surface area contributed by atoms with Gasteiger partial charge in [-0.05, 0) is 56.6 Å². The summed E-state index contributed by atoms with van der Waals surface area (Å²) >= 11 is 0. The quantitative estimate of drug-likeness (QED) is 0.706. The van der Waals surface area contributed by atoms with Crippen molar-refractivity contribution >= 4 is 5.91 Å². The van der Waals surface area contributed by atoms with Crippen LogP contribution in [0.15, 0.2) is 30.3 Å². The molecule has 1 amide bonds. The van der Waals surface area contributed by atoms with E-state index in [1.54, 1.807) is 0 Å². The number of methoxy groups -OCH3 is 1. The van der Waals surface area contributed by atoms with Crippen LogP contribution in [0.3, 0.4) is 0 Å². The number of amides is 1. The topological polar surface area (TPSA) is 50.8 Å². The summed E-state index contributed by atoms with van der Waals surface area (Å²) in [6.07, 6.45) is 6.23. The van der Waals surface area contributed by atoms with Gasteiger partial charge in [-0.1, -0.05) is 37.3 Å². The van der Waals surface area contributed by atoms with E-state index in [1.807, 2.05) is 18.1 Å². The van der Waals surface area contributed by atoms with E-state index in [9.17, 15) is 4.79 Å². The normalized spacial score (nSPS) is 23.4. The lowest BCUT2D eigenvalue weighted by Crippen LogP contribution is -2.43. The molecule has 5 heteroatoms. The van der Waals surface area contributed by atoms with Gasteiger partial charge in [0.2, 0.25) is 5.91 Å². The number of benzene rings is 1. The predicted molar refractivity (Wildman–Crippen MR) is 111 cm³/mol. The zero-order valence-corrected chi connectivity index (χ0v) is 17.4. The third-order valence-corrected chi connectivity index (χ3v) is 6.25. The SMILES string of the molecule is CO[C@@H]([C@@H]1CCCN1)[C@@H](C)CC[C@@H](Cc1ccccc1)C(=O)N1CCCOC1. The van der Waals surface area contributed by atoms with Crippen LogP contribution in [0.2, 0.25) is 0 Å². The average molecular weight is 389 g/mol. The van der Waals surface area contributed by atoms with Gasteiger partial charge in [-0.2, -0.15) is 0 Å². The summed E-state index contributed by atoms with van der Waals surface area (Å²) in [5, 5.41) is 3.57. The number of ether oxygens (including phenoxy) is 2. The molecule has 3 rings (SSSR count). The predicted octanol–water partition coefficient (Wildman–Crippen LogP) is 3.24. The molecular weight excluding hydrogens is 352 g/mol. The smallest absolute Gasteiger partial charge is 0.227 e. The lowest BCUT2D eigenvalue weighted by Gasteiger charge is -2.32. The highest BCUT2D eigenvalue weighted by molar-refractivity contribution is 5.79. The van der Waals surface area contributed by atoms with Gasteiger partial charge >= 0.3 is 0 Å². The molecule has 2 heterocycles. The first-order valence-corrected chi connectivity index (χ1v) is 10.9. The molecule has 0 aliphatic carbocycles. The maximum absolute atomic E-state index is 13.2. The molecule has 1 N–H and O–H groups in total. The fraction of sp³-hybridized carbons (Fsp3) is 0.696. The minimum Gasteiger partial charge on any atom is -0.380 e. The number of nitrogens with zero attached hydrogens (tertiary/aromatic N) is 1. The van der Waals surface area contributed by atoms with Gasteiger partial charge in [0.25, 0.3) is 0 Å². The molecule has 28 heavy (non-hydrogen) atoms. The number of carbonyl (C=O) groups excluding carboxylic acids is 1. The van der Waals surface area contributed by atoms with Crippen LogP contribution in [-0.4, -0.2) is 56.5 Å². The number of carbonyl (C=O) groups is 1. The van der Waals surface area contributed by atoms with Crippen molar-refractivity contribution in [2.45, 2.75) is 57.6 Å². The molecule has 156 valence electrons. The molecule has 1 aromatic rings. The first-order valence-electron chi connectivity index (χ1n) is 10.9. The van der Waals surface area contributed by atoms with Crippen LogP contribution in [0.4, 0.5) is 0 Å². The summed E-state index contributed by atoms with van der Waals surface area (Å²) < 4.78 is 11.4. The third-order valence-electron chi connectivity index (χ3n) is 6.25. The zero-order chi connectivity index (χ0) is 19.8. The van der Waals surface area contributed by atoms with Crippen molar-refractivity contribution in [1.29, 1.82) is 0 Å². The Morgan fingerprint density at radius 1 is 1.29 bits per heavy atom. The van der Waals surface area contributed by atoms with Gasteiger partial charge in [-0.3, -0.25) is 4.79 Å². The van der Waals surface area contributed by atoms with Crippen molar-refractivity contribution in [2.75, 3.05) is 33.5 Å². The van der Waals surface area contributed by atoms with E-state index >= 15 is 0 Å². The van der Waals surface area contributed by atoms with Gasteiger partial charge in [0.05, 0.1) is 12.7 Å². The second kappa shape index (κ2) is 10.9. The maximum atomic E-state index is 13.2. The Kier molecular flexibility index (Phi) is 8.31. The zero-order valence-electron chi connectivity index (χ0n) is 17.4. The molecule has 2 aliphatic rings. The standard InChI is InChI=1S/C23H36N2O3/c1-18(22(27-2)21-10-6-13-24-21)11-12-20(16-19-8-4-3-5-9-19)23(26)25-14-7-15-28-17-25/h3-5,8-9,18,20-22,24H,6-7,10-17H2,1-2H3/t18-,20-,21-,22+/m0/s1. The molecule has 2 saturated heterocycles. The van der Waals surface area contributed by atoms with E-state index in [1.165, 1.54) is 18.4 Å². The highest BCUT2D eigenvalue weighted by Crippen LogP contribution is 2.26. The molecule has 2 aliphatic heterocycles. The number of nitrogens with one attached hydrogen (secondary N) is 1. The molecule has 0 aromatic heterocycles. The molecule has 4 atom stereocenters. The lowest BCUT2D eigenvalue weighted by molar-refractivity contribution is -0.145. The number of hydrogen-bond donors (Lipinski definition) is 1. The Morgan fingerprint density at radius 2 is 2.11 bits per heavy atom. The molecule has 0 unspecified atom stereocenters. The average Bonchev–Trinajstić information content (AvgIpc) is 3.27. The van der Waals surface area contributed by atoms with E-state index in [2.05, 4.69) is 36.5 Å². The monoisotopic (exact) mass is 388 g/mol. The summed E-state index contributed by atoms with van der Waals surface area (Å²) in [5.74, 6) is 0.661. The van der Waals surface area contributed by atoms with Crippen molar-refractivity contribution in [3.63, 3.8) is 0 Å². The molecule has 0 spiro atoms. The second-order valence-corrected chi connectivity index (χ2v) is 8.34. The molecule has 0 bridgehead atoms. The summed E-state index contributed by atoms with van der Waals surface area (Å²) in [6, 6.07) is 10.8. The highest BCUT2D eigenvalue weighted by atomic mass is 16.5. The third kappa shape index (κ3) is 5.79. The van der Waals surface area contributed by atoms with E-state index in [0.717, 1.165) is 45.4 Å². The maximum Gasteiger partial charge on any atom is 0.227 e. The lowest BCUT2D eigenvalue weighted by atomic mass is 9.86. The van der Waals surface area contributed by atoms with Crippen LogP contribution >= 0.6 is 0 Å². The van der Waals surface area contributed by atoms with Gasteiger partial charge in [0.15, 0.2) is 0 Å². The van der Waals surface area contributed by atoms with Crippen molar-refractivity contribution in [1.82, 2.24) is 10.2 Å².